The average molecular weight is 340 g/mol. The van der Waals surface area contributed by atoms with Gasteiger partial charge in [0.15, 0.2) is 0 Å². The number of amides is 2. The molecule has 2 amide bonds. The number of benzene rings is 2. The zero-order chi connectivity index (χ0) is 17.6. The summed E-state index contributed by atoms with van der Waals surface area (Å²) in [6.45, 7) is 0.388. The van der Waals surface area contributed by atoms with Gasteiger partial charge in [0.2, 0.25) is 11.8 Å². The molecule has 1 atom stereocenters. The van der Waals surface area contributed by atoms with Gasteiger partial charge in [-0.3, -0.25) is 9.59 Å². The van der Waals surface area contributed by atoms with Crippen LogP contribution in [-0.2, 0) is 22.4 Å². The Bertz CT molecular complexity index is 776. The Labute approximate surface area is 146 Å². The molecule has 0 fully saturated rings. The molecule has 0 unspecified atom stereocenters. The Morgan fingerprint density at radius 2 is 1.92 bits per heavy atom. The monoisotopic (exact) mass is 340 g/mol. The molecule has 5 heteroatoms. The van der Waals surface area contributed by atoms with Crippen LogP contribution < -0.4 is 10.6 Å². The lowest BCUT2D eigenvalue weighted by molar-refractivity contribution is -0.122. The number of halogens is 1. The Morgan fingerprint density at radius 3 is 2.76 bits per heavy atom. The lowest BCUT2D eigenvalue weighted by Crippen LogP contribution is -2.32. The molecule has 0 saturated carbocycles. The van der Waals surface area contributed by atoms with Crippen LogP contribution in [0.4, 0.5) is 10.1 Å². The van der Waals surface area contributed by atoms with Crippen LogP contribution in [0.25, 0.3) is 0 Å². The maximum Gasteiger partial charge on any atom is 0.227 e. The molecule has 1 aliphatic rings. The SMILES string of the molecule is O=C(CC[C@H]1Cc2ccccc2NC1=O)NCCc1ccccc1F. The Hall–Kier alpha value is -2.69. The van der Waals surface area contributed by atoms with Gasteiger partial charge in [-0.05, 0) is 42.5 Å². The fourth-order valence-electron chi connectivity index (χ4n) is 3.08. The van der Waals surface area contributed by atoms with Crippen LogP contribution in [0.5, 0.6) is 0 Å². The van der Waals surface area contributed by atoms with Crippen LogP contribution in [0.2, 0.25) is 0 Å². The Morgan fingerprint density at radius 1 is 1.16 bits per heavy atom. The second kappa shape index (κ2) is 7.92. The lowest BCUT2D eigenvalue weighted by Gasteiger charge is -2.24. The normalized spacial score (nSPS) is 16.0. The minimum atomic E-state index is -0.255. The molecule has 130 valence electrons. The van der Waals surface area contributed by atoms with E-state index >= 15 is 0 Å². The topological polar surface area (TPSA) is 58.2 Å². The number of carbonyl (C=O) groups excluding carboxylic acids is 2. The molecular formula is C20H21FN2O2. The summed E-state index contributed by atoms with van der Waals surface area (Å²) in [7, 11) is 0. The van der Waals surface area contributed by atoms with Crippen molar-refractivity contribution in [1.29, 1.82) is 0 Å². The molecule has 4 nitrogen and oxygen atoms in total. The van der Waals surface area contributed by atoms with Crippen molar-refractivity contribution in [2.45, 2.75) is 25.7 Å². The van der Waals surface area contributed by atoms with E-state index in [1.807, 2.05) is 24.3 Å². The summed E-state index contributed by atoms with van der Waals surface area (Å²) in [4.78, 5) is 24.1. The quantitative estimate of drug-likeness (QED) is 0.849. The van der Waals surface area contributed by atoms with E-state index < -0.39 is 0 Å². The van der Waals surface area contributed by atoms with E-state index in [9.17, 15) is 14.0 Å². The van der Waals surface area contributed by atoms with Crippen molar-refractivity contribution in [3.05, 3.63) is 65.5 Å². The summed E-state index contributed by atoms with van der Waals surface area (Å²) >= 11 is 0. The fraction of sp³-hybridized carbons (Fsp3) is 0.300. The highest BCUT2D eigenvalue weighted by Gasteiger charge is 2.26. The minimum absolute atomic E-state index is 0.0298. The fourth-order valence-corrected chi connectivity index (χ4v) is 3.08. The van der Waals surface area contributed by atoms with Gasteiger partial charge in [-0.25, -0.2) is 4.39 Å². The number of hydrogen-bond acceptors (Lipinski definition) is 2. The van der Waals surface area contributed by atoms with E-state index in [1.54, 1.807) is 18.2 Å². The molecule has 25 heavy (non-hydrogen) atoms. The summed E-state index contributed by atoms with van der Waals surface area (Å²) in [6, 6.07) is 14.3. The van der Waals surface area contributed by atoms with Gasteiger partial charge in [-0.1, -0.05) is 36.4 Å². The van der Waals surface area contributed by atoms with Gasteiger partial charge in [0.25, 0.3) is 0 Å². The maximum absolute atomic E-state index is 13.5. The van der Waals surface area contributed by atoms with Crippen molar-refractivity contribution in [3.63, 3.8) is 0 Å². The first-order chi connectivity index (χ1) is 12.1. The Kier molecular flexibility index (Phi) is 5.43. The molecule has 0 radical (unpaired) electrons. The van der Waals surface area contributed by atoms with Crippen LogP contribution in [0.15, 0.2) is 48.5 Å². The predicted molar refractivity (Wildman–Crippen MR) is 94.6 cm³/mol. The van der Waals surface area contributed by atoms with Gasteiger partial charge in [-0.2, -0.15) is 0 Å². The number of fused-ring (bicyclic) bond motifs is 1. The van der Waals surface area contributed by atoms with Gasteiger partial charge in [0.1, 0.15) is 5.82 Å². The van der Waals surface area contributed by atoms with Gasteiger partial charge in [0, 0.05) is 24.6 Å². The number of hydrogen-bond donors (Lipinski definition) is 2. The summed E-state index contributed by atoms with van der Waals surface area (Å²) in [6.07, 6.45) is 1.91. The number of nitrogens with one attached hydrogen (secondary N) is 2. The van der Waals surface area contributed by atoms with Crippen molar-refractivity contribution in [2.24, 2.45) is 5.92 Å². The molecule has 3 rings (SSSR count). The third-order valence-electron chi connectivity index (χ3n) is 4.51. The molecule has 0 spiro atoms. The van der Waals surface area contributed by atoms with Crippen molar-refractivity contribution in [3.8, 4) is 0 Å². The van der Waals surface area contributed by atoms with Gasteiger partial charge < -0.3 is 10.6 Å². The first-order valence-corrected chi connectivity index (χ1v) is 8.52. The summed E-state index contributed by atoms with van der Waals surface area (Å²) in [5.74, 6) is -0.581. The Balaban J connectivity index is 1.43. The summed E-state index contributed by atoms with van der Waals surface area (Å²) in [5.41, 5.74) is 2.55. The smallest absolute Gasteiger partial charge is 0.227 e. The number of para-hydroxylation sites is 1. The molecule has 1 aliphatic heterocycles. The minimum Gasteiger partial charge on any atom is -0.356 e. The first-order valence-electron chi connectivity index (χ1n) is 8.52. The van der Waals surface area contributed by atoms with Gasteiger partial charge in [0.05, 0.1) is 0 Å². The van der Waals surface area contributed by atoms with Crippen LogP contribution in [0.3, 0.4) is 0 Å². The number of carbonyl (C=O) groups is 2. The number of anilines is 1. The highest BCUT2D eigenvalue weighted by Crippen LogP contribution is 2.27. The van der Waals surface area contributed by atoms with E-state index in [0.717, 1.165) is 11.3 Å². The zero-order valence-corrected chi connectivity index (χ0v) is 13.9. The molecule has 2 aromatic carbocycles. The first kappa shape index (κ1) is 17.1. The zero-order valence-electron chi connectivity index (χ0n) is 13.9. The largest absolute Gasteiger partial charge is 0.356 e. The molecule has 0 aromatic heterocycles. The summed E-state index contributed by atoms with van der Waals surface area (Å²) < 4.78 is 13.5. The molecule has 1 heterocycles. The standard InChI is InChI=1S/C20H21FN2O2/c21-17-7-3-1-5-14(17)11-12-22-19(24)10-9-16-13-15-6-2-4-8-18(15)23-20(16)25/h1-8,16H,9-13H2,(H,22,24)(H,23,25)/t16-/m0/s1. The molecule has 0 saturated heterocycles. The summed E-state index contributed by atoms with van der Waals surface area (Å²) in [5, 5.41) is 5.69. The van der Waals surface area contributed by atoms with E-state index in [0.29, 0.717) is 31.4 Å². The van der Waals surface area contributed by atoms with Crippen LogP contribution in [0.1, 0.15) is 24.0 Å². The third kappa shape index (κ3) is 4.44. The average Bonchev–Trinajstić information content (AvgIpc) is 2.61. The van der Waals surface area contributed by atoms with Crippen molar-refractivity contribution in [2.75, 3.05) is 11.9 Å². The van der Waals surface area contributed by atoms with Crippen LogP contribution >= 0.6 is 0 Å². The van der Waals surface area contributed by atoms with Crippen molar-refractivity contribution in [1.82, 2.24) is 5.32 Å². The van der Waals surface area contributed by atoms with Crippen molar-refractivity contribution < 1.29 is 14.0 Å². The highest BCUT2D eigenvalue weighted by molar-refractivity contribution is 5.96. The molecular weight excluding hydrogens is 319 g/mol. The second-order valence-electron chi connectivity index (χ2n) is 6.28. The van der Waals surface area contributed by atoms with Crippen LogP contribution in [0, 0.1) is 11.7 Å². The highest BCUT2D eigenvalue weighted by atomic mass is 19.1. The second-order valence-corrected chi connectivity index (χ2v) is 6.28. The van der Waals surface area contributed by atoms with Crippen LogP contribution in [-0.4, -0.2) is 18.4 Å². The van der Waals surface area contributed by atoms with E-state index in [1.165, 1.54) is 6.07 Å². The van der Waals surface area contributed by atoms with Crippen molar-refractivity contribution >= 4 is 17.5 Å². The molecule has 0 aliphatic carbocycles. The third-order valence-corrected chi connectivity index (χ3v) is 4.51. The van der Waals surface area contributed by atoms with Gasteiger partial charge >= 0.3 is 0 Å². The van der Waals surface area contributed by atoms with E-state index in [-0.39, 0.29) is 30.0 Å². The predicted octanol–water partition coefficient (Wildman–Crippen LogP) is 3.08. The molecule has 0 bridgehead atoms. The molecule has 2 N–H and O–H groups in total. The number of rotatable bonds is 6. The van der Waals surface area contributed by atoms with Gasteiger partial charge in [-0.15, -0.1) is 0 Å². The lowest BCUT2D eigenvalue weighted by atomic mass is 9.89. The van der Waals surface area contributed by atoms with E-state index in [2.05, 4.69) is 10.6 Å². The maximum atomic E-state index is 13.5. The van der Waals surface area contributed by atoms with E-state index in [4.69, 9.17) is 0 Å². The molecule has 2 aromatic rings.